The van der Waals surface area contributed by atoms with Gasteiger partial charge in [-0.1, -0.05) is 48.9 Å². The zero-order valence-electron chi connectivity index (χ0n) is 23.6. The lowest BCUT2D eigenvalue weighted by Crippen LogP contribution is -2.51. The Labute approximate surface area is 236 Å². The molecule has 0 aliphatic carbocycles. The number of aryl methyl sites for hydroxylation is 1. The molecule has 1 unspecified atom stereocenters. The average Bonchev–Trinajstić information content (AvgIpc) is 2.97. The van der Waals surface area contributed by atoms with Gasteiger partial charge in [0.05, 0.1) is 24.8 Å². The van der Waals surface area contributed by atoms with E-state index in [1.54, 1.807) is 74.7 Å². The standard InChI is InChI=1S/C30H37N3O6S/c1-6-19-31-30(35)23(3)32(20-24-13-15-25(38-4)16-14-24)29(34)21-33(27-9-7-8-10-28(27)39-5)40(36,37)26-17-11-22(2)12-18-26/h7-18,23H,6,19-21H2,1-5H3,(H,31,35). The van der Waals surface area contributed by atoms with Crippen molar-refractivity contribution in [1.29, 1.82) is 0 Å². The maximum absolute atomic E-state index is 14.0. The van der Waals surface area contributed by atoms with Gasteiger partial charge >= 0.3 is 0 Å². The Hall–Kier alpha value is -4.05. The van der Waals surface area contributed by atoms with Gasteiger partial charge in [-0.25, -0.2) is 8.42 Å². The summed E-state index contributed by atoms with van der Waals surface area (Å²) in [5.41, 5.74) is 1.87. The molecule has 1 atom stereocenters. The summed E-state index contributed by atoms with van der Waals surface area (Å²) < 4.78 is 39.6. The average molecular weight is 568 g/mol. The van der Waals surface area contributed by atoms with Crippen LogP contribution in [0.3, 0.4) is 0 Å². The molecule has 3 aromatic rings. The number of rotatable bonds is 13. The molecule has 0 heterocycles. The SMILES string of the molecule is CCCNC(=O)C(C)N(Cc1ccc(OC)cc1)C(=O)CN(c1ccccc1OC)S(=O)(=O)c1ccc(C)cc1. The van der Waals surface area contributed by atoms with Crippen LogP contribution in [0.4, 0.5) is 5.69 Å². The number of ether oxygens (including phenoxy) is 2. The van der Waals surface area contributed by atoms with Crippen LogP contribution in [0.25, 0.3) is 0 Å². The molecule has 3 rings (SSSR count). The Balaban J connectivity index is 2.04. The van der Waals surface area contributed by atoms with Crippen molar-refractivity contribution in [3.05, 3.63) is 83.9 Å². The maximum atomic E-state index is 14.0. The van der Waals surface area contributed by atoms with Gasteiger partial charge in [-0.2, -0.15) is 0 Å². The number of anilines is 1. The Kier molecular flexibility index (Phi) is 10.6. The normalized spacial score (nSPS) is 11.8. The van der Waals surface area contributed by atoms with E-state index in [4.69, 9.17) is 9.47 Å². The van der Waals surface area contributed by atoms with Crippen LogP contribution in [0, 0.1) is 6.92 Å². The first-order chi connectivity index (χ1) is 19.1. The van der Waals surface area contributed by atoms with Gasteiger partial charge in [0.25, 0.3) is 10.0 Å². The number of hydrogen-bond acceptors (Lipinski definition) is 6. The minimum Gasteiger partial charge on any atom is -0.497 e. The van der Waals surface area contributed by atoms with Crippen LogP contribution in [-0.4, -0.2) is 58.5 Å². The van der Waals surface area contributed by atoms with E-state index in [1.165, 1.54) is 24.1 Å². The second kappa shape index (κ2) is 13.8. The highest BCUT2D eigenvalue weighted by Gasteiger charge is 2.33. The molecule has 1 N–H and O–H groups in total. The van der Waals surface area contributed by atoms with E-state index in [2.05, 4.69) is 5.32 Å². The monoisotopic (exact) mass is 567 g/mol. The van der Waals surface area contributed by atoms with Gasteiger partial charge < -0.3 is 19.7 Å². The lowest BCUT2D eigenvalue weighted by Gasteiger charge is -2.32. The molecule has 9 nitrogen and oxygen atoms in total. The lowest BCUT2D eigenvalue weighted by molar-refractivity contribution is -0.139. The third-order valence-corrected chi connectivity index (χ3v) is 8.24. The predicted octanol–water partition coefficient (Wildman–Crippen LogP) is 4.15. The molecule has 0 aliphatic rings. The second-order valence-electron chi connectivity index (χ2n) is 9.33. The highest BCUT2D eigenvalue weighted by Crippen LogP contribution is 2.32. The van der Waals surface area contributed by atoms with Crippen LogP contribution in [0.5, 0.6) is 11.5 Å². The third kappa shape index (κ3) is 7.32. The third-order valence-electron chi connectivity index (χ3n) is 6.47. The molecule has 10 heteroatoms. The summed E-state index contributed by atoms with van der Waals surface area (Å²) in [5.74, 6) is 0.0776. The molecular weight excluding hydrogens is 530 g/mol. The van der Waals surface area contributed by atoms with Crippen molar-refractivity contribution in [2.45, 2.75) is 44.7 Å². The number of nitrogens with zero attached hydrogens (tertiary/aromatic N) is 2. The first-order valence-corrected chi connectivity index (χ1v) is 14.5. The van der Waals surface area contributed by atoms with Gasteiger partial charge in [-0.15, -0.1) is 0 Å². The molecule has 214 valence electrons. The predicted molar refractivity (Wildman–Crippen MR) is 155 cm³/mol. The van der Waals surface area contributed by atoms with Crippen LogP contribution in [0.15, 0.2) is 77.7 Å². The van der Waals surface area contributed by atoms with Gasteiger partial charge in [-0.3, -0.25) is 13.9 Å². The van der Waals surface area contributed by atoms with Crippen molar-refractivity contribution in [3.63, 3.8) is 0 Å². The quantitative estimate of drug-likeness (QED) is 0.333. The molecule has 0 saturated carbocycles. The van der Waals surface area contributed by atoms with Crippen LogP contribution in [-0.2, 0) is 26.2 Å². The summed E-state index contributed by atoms with van der Waals surface area (Å²) in [6.45, 7) is 5.44. The number of methoxy groups -OCH3 is 2. The number of hydrogen-bond donors (Lipinski definition) is 1. The van der Waals surface area contributed by atoms with E-state index in [0.29, 0.717) is 18.0 Å². The molecule has 0 fully saturated rings. The fraction of sp³-hybridized carbons (Fsp3) is 0.333. The first kappa shape index (κ1) is 30.5. The molecule has 0 saturated heterocycles. The molecular formula is C30H37N3O6S. The molecule has 0 spiro atoms. The van der Waals surface area contributed by atoms with Gasteiger partial charge in [0, 0.05) is 13.1 Å². The Morgan fingerprint density at radius 1 is 0.925 bits per heavy atom. The fourth-order valence-electron chi connectivity index (χ4n) is 4.09. The summed E-state index contributed by atoms with van der Waals surface area (Å²) in [6, 6.07) is 19.3. The van der Waals surface area contributed by atoms with Crippen LogP contribution in [0.2, 0.25) is 0 Å². The summed E-state index contributed by atoms with van der Waals surface area (Å²) in [5, 5.41) is 2.83. The fourth-order valence-corrected chi connectivity index (χ4v) is 5.52. The highest BCUT2D eigenvalue weighted by molar-refractivity contribution is 7.92. The number of para-hydroxylation sites is 2. The Morgan fingerprint density at radius 2 is 1.57 bits per heavy atom. The summed E-state index contributed by atoms with van der Waals surface area (Å²) in [6.07, 6.45) is 0.737. The van der Waals surface area contributed by atoms with Crippen LogP contribution >= 0.6 is 0 Å². The number of benzene rings is 3. The van der Waals surface area contributed by atoms with E-state index >= 15 is 0 Å². The molecule has 0 radical (unpaired) electrons. The molecule has 3 aromatic carbocycles. The molecule has 40 heavy (non-hydrogen) atoms. The van der Waals surface area contributed by atoms with E-state index in [9.17, 15) is 18.0 Å². The van der Waals surface area contributed by atoms with Gasteiger partial charge in [0.2, 0.25) is 11.8 Å². The number of amides is 2. The summed E-state index contributed by atoms with van der Waals surface area (Å²) in [7, 11) is -1.19. The van der Waals surface area contributed by atoms with Crippen molar-refractivity contribution < 1.29 is 27.5 Å². The molecule has 0 bridgehead atoms. The largest absolute Gasteiger partial charge is 0.497 e. The van der Waals surface area contributed by atoms with Gasteiger partial charge in [0.1, 0.15) is 24.1 Å². The van der Waals surface area contributed by atoms with Gasteiger partial charge in [-0.05, 0) is 62.2 Å². The molecule has 2 amide bonds. The van der Waals surface area contributed by atoms with Crippen LogP contribution in [0.1, 0.15) is 31.4 Å². The molecule has 0 aliphatic heterocycles. The highest BCUT2D eigenvalue weighted by atomic mass is 32.2. The lowest BCUT2D eigenvalue weighted by atomic mass is 10.1. The molecule has 0 aromatic heterocycles. The van der Waals surface area contributed by atoms with Crippen LogP contribution < -0.4 is 19.1 Å². The van der Waals surface area contributed by atoms with Crippen molar-refractivity contribution in [2.24, 2.45) is 0 Å². The smallest absolute Gasteiger partial charge is 0.264 e. The minimum atomic E-state index is -4.19. The second-order valence-corrected chi connectivity index (χ2v) is 11.2. The van der Waals surface area contributed by atoms with Crippen molar-refractivity contribution in [1.82, 2.24) is 10.2 Å². The van der Waals surface area contributed by atoms with Gasteiger partial charge in [0.15, 0.2) is 0 Å². The number of carbonyl (C=O) groups is 2. The number of carbonyl (C=O) groups excluding carboxylic acids is 2. The summed E-state index contributed by atoms with van der Waals surface area (Å²) in [4.78, 5) is 28.4. The Bertz CT molecular complexity index is 1390. The van der Waals surface area contributed by atoms with E-state index in [0.717, 1.165) is 21.9 Å². The summed E-state index contributed by atoms with van der Waals surface area (Å²) >= 11 is 0. The number of nitrogens with one attached hydrogen (secondary N) is 1. The first-order valence-electron chi connectivity index (χ1n) is 13.0. The van der Waals surface area contributed by atoms with E-state index in [1.807, 2.05) is 13.8 Å². The zero-order valence-corrected chi connectivity index (χ0v) is 24.4. The number of sulfonamides is 1. The van der Waals surface area contributed by atoms with E-state index < -0.39 is 28.5 Å². The van der Waals surface area contributed by atoms with Crippen molar-refractivity contribution in [3.8, 4) is 11.5 Å². The minimum absolute atomic E-state index is 0.0345. The topological polar surface area (TPSA) is 105 Å². The van der Waals surface area contributed by atoms with E-state index in [-0.39, 0.29) is 23.0 Å². The maximum Gasteiger partial charge on any atom is 0.264 e. The van der Waals surface area contributed by atoms with Crippen molar-refractivity contribution >= 4 is 27.5 Å². The van der Waals surface area contributed by atoms with Crippen molar-refractivity contribution in [2.75, 3.05) is 31.6 Å². The zero-order chi connectivity index (χ0) is 29.3. The Morgan fingerprint density at radius 3 is 2.17 bits per heavy atom.